The Bertz CT molecular complexity index is 2500. The van der Waals surface area contributed by atoms with Crippen molar-refractivity contribution in [3.05, 3.63) is 162 Å². The number of aryl methyl sites for hydroxylation is 3. The number of rotatable bonds is 2. The van der Waals surface area contributed by atoms with E-state index in [-0.39, 0.29) is 0 Å². The quantitative estimate of drug-likeness (QED) is 0.187. The van der Waals surface area contributed by atoms with Gasteiger partial charge in [-0.2, -0.15) is 0 Å². The van der Waals surface area contributed by atoms with Gasteiger partial charge in [0.2, 0.25) is 0 Å². The Morgan fingerprint density at radius 3 is 1.76 bits per heavy atom. The summed E-state index contributed by atoms with van der Waals surface area (Å²) >= 11 is 1.92. The van der Waals surface area contributed by atoms with Gasteiger partial charge in [-0.1, -0.05) is 121 Å². The largest absolute Gasteiger partial charge is 0.309 e. The van der Waals surface area contributed by atoms with Gasteiger partial charge in [-0.15, -0.1) is 11.3 Å². The fraction of sp³-hybridized carbons (Fsp3) is 0.0698. The summed E-state index contributed by atoms with van der Waals surface area (Å²) < 4.78 is 5.16. The molecule has 9 aromatic rings. The van der Waals surface area contributed by atoms with E-state index >= 15 is 0 Å². The highest BCUT2D eigenvalue weighted by Gasteiger charge is 2.23. The van der Waals surface area contributed by atoms with Gasteiger partial charge in [0.05, 0.1) is 11.0 Å². The van der Waals surface area contributed by atoms with E-state index in [2.05, 4.69) is 153 Å². The van der Waals surface area contributed by atoms with Crippen LogP contribution in [0.2, 0.25) is 0 Å². The number of aromatic nitrogens is 1. The summed E-state index contributed by atoms with van der Waals surface area (Å²) in [6.07, 6.45) is 0. The van der Waals surface area contributed by atoms with Crippen molar-refractivity contribution in [3.8, 4) is 16.8 Å². The Morgan fingerprint density at radius 2 is 1.04 bits per heavy atom. The second-order valence-corrected chi connectivity index (χ2v) is 12.9. The molecule has 0 bridgehead atoms. The maximum Gasteiger partial charge on any atom is 0.0547 e. The number of thiophene rings is 1. The van der Waals surface area contributed by atoms with Crippen LogP contribution in [0.15, 0.2) is 146 Å². The second-order valence-electron chi connectivity index (χ2n) is 11.8. The maximum atomic E-state index is 2.42. The molecule has 0 spiro atoms. The predicted octanol–water partition coefficient (Wildman–Crippen LogP) is 12.6. The molecular formula is C43H33NS. The van der Waals surface area contributed by atoms with Gasteiger partial charge in [0.1, 0.15) is 0 Å². The van der Waals surface area contributed by atoms with E-state index in [0.29, 0.717) is 0 Å². The van der Waals surface area contributed by atoms with Crippen LogP contribution in [0.25, 0.3) is 69.6 Å². The number of nitrogens with zero attached hydrogens (tertiary/aromatic N) is 1. The molecule has 0 aliphatic heterocycles. The highest BCUT2D eigenvalue weighted by atomic mass is 32.1. The van der Waals surface area contributed by atoms with Gasteiger partial charge in [0.15, 0.2) is 0 Å². The lowest BCUT2D eigenvalue weighted by Gasteiger charge is -2.17. The van der Waals surface area contributed by atoms with Crippen molar-refractivity contribution in [1.29, 1.82) is 0 Å². The maximum absolute atomic E-state index is 2.42. The summed E-state index contributed by atoms with van der Waals surface area (Å²) in [5.74, 6) is 0. The number of para-hydroxylation sites is 2. The van der Waals surface area contributed by atoms with Gasteiger partial charge >= 0.3 is 0 Å². The monoisotopic (exact) mass is 595 g/mol. The van der Waals surface area contributed by atoms with Crippen molar-refractivity contribution in [2.45, 2.75) is 20.8 Å². The molecule has 0 aliphatic rings. The third-order valence-electron chi connectivity index (χ3n) is 9.03. The van der Waals surface area contributed by atoms with Crippen LogP contribution in [-0.2, 0) is 0 Å². The zero-order chi connectivity index (χ0) is 30.5. The SMILES string of the molecule is Cc1ccc2c(c1-c1c(C)c3sc4ccccc4c3c3ccccc13)c1ccccc1n2-c1ccccc1.Cc1ccccc1. The zero-order valence-electron chi connectivity index (χ0n) is 25.7. The molecule has 216 valence electrons. The molecule has 1 nitrogen and oxygen atoms in total. The minimum Gasteiger partial charge on any atom is -0.309 e. The molecule has 2 heteroatoms. The van der Waals surface area contributed by atoms with E-state index in [1.165, 1.54) is 86.3 Å². The van der Waals surface area contributed by atoms with Crippen LogP contribution in [0.1, 0.15) is 16.7 Å². The lowest BCUT2D eigenvalue weighted by molar-refractivity contribution is 1.18. The van der Waals surface area contributed by atoms with E-state index < -0.39 is 0 Å². The summed E-state index contributed by atoms with van der Waals surface area (Å²) in [7, 11) is 0. The molecule has 0 amide bonds. The van der Waals surface area contributed by atoms with Gasteiger partial charge in [-0.25, -0.2) is 0 Å². The molecule has 9 rings (SSSR count). The number of hydrogen-bond acceptors (Lipinski definition) is 1. The third-order valence-corrected chi connectivity index (χ3v) is 10.3. The average molecular weight is 596 g/mol. The smallest absolute Gasteiger partial charge is 0.0547 e. The van der Waals surface area contributed by atoms with Gasteiger partial charge in [-0.3, -0.25) is 0 Å². The minimum absolute atomic E-state index is 1.19. The highest BCUT2D eigenvalue weighted by molar-refractivity contribution is 7.26. The van der Waals surface area contributed by atoms with Crippen molar-refractivity contribution in [1.82, 2.24) is 4.57 Å². The molecule has 0 saturated carbocycles. The van der Waals surface area contributed by atoms with E-state index in [1.807, 2.05) is 29.5 Å². The molecule has 7 aromatic carbocycles. The van der Waals surface area contributed by atoms with Crippen molar-refractivity contribution in [3.63, 3.8) is 0 Å². The lowest BCUT2D eigenvalue weighted by atomic mass is 9.87. The molecule has 0 atom stereocenters. The Hall–Kier alpha value is -5.18. The molecule has 0 radical (unpaired) electrons. The summed E-state index contributed by atoms with van der Waals surface area (Å²) in [6.45, 7) is 6.68. The van der Waals surface area contributed by atoms with Crippen molar-refractivity contribution < 1.29 is 0 Å². The molecule has 0 unspecified atom stereocenters. The van der Waals surface area contributed by atoms with Gasteiger partial charge < -0.3 is 4.57 Å². The molecule has 0 aliphatic carbocycles. The average Bonchev–Trinajstić information content (AvgIpc) is 3.64. The van der Waals surface area contributed by atoms with Gasteiger partial charge in [0.25, 0.3) is 0 Å². The normalized spacial score (nSPS) is 11.4. The first-order chi connectivity index (χ1) is 22.1. The van der Waals surface area contributed by atoms with E-state index in [0.717, 1.165) is 0 Å². The molecule has 2 aromatic heterocycles. The van der Waals surface area contributed by atoms with Crippen molar-refractivity contribution in [2.75, 3.05) is 0 Å². The zero-order valence-corrected chi connectivity index (χ0v) is 26.5. The van der Waals surface area contributed by atoms with Crippen LogP contribution in [0.3, 0.4) is 0 Å². The van der Waals surface area contributed by atoms with Gasteiger partial charge in [0, 0.05) is 36.6 Å². The van der Waals surface area contributed by atoms with E-state index in [1.54, 1.807) is 0 Å². The molecular weight excluding hydrogens is 563 g/mol. The van der Waals surface area contributed by atoms with Crippen LogP contribution in [-0.4, -0.2) is 4.57 Å². The minimum atomic E-state index is 1.19. The fourth-order valence-corrected chi connectivity index (χ4v) is 8.23. The third kappa shape index (κ3) is 4.44. The highest BCUT2D eigenvalue weighted by Crippen LogP contribution is 2.49. The van der Waals surface area contributed by atoms with Crippen LogP contribution < -0.4 is 0 Å². The fourth-order valence-electron chi connectivity index (χ4n) is 7.01. The number of benzene rings is 7. The van der Waals surface area contributed by atoms with Crippen molar-refractivity contribution >= 4 is 64.1 Å². The van der Waals surface area contributed by atoms with Crippen LogP contribution >= 0.6 is 11.3 Å². The summed E-state index contributed by atoms with van der Waals surface area (Å²) in [5, 5.41) is 8.04. The molecule has 0 saturated heterocycles. The second kappa shape index (κ2) is 11.1. The Morgan fingerprint density at radius 1 is 0.444 bits per heavy atom. The Kier molecular flexibility index (Phi) is 6.73. The molecule has 0 fully saturated rings. The summed E-state index contributed by atoms with van der Waals surface area (Å²) in [6, 6.07) is 52.3. The lowest BCUT2D eigenvalue weighted by Crippen LogP contribution is -1.95. The van der Waals surface area contributed by atoms with E-state index in [4.69, 9.17) is 0 Å². The first kappa shape index (κ1) is 27.4. The number of hydrogen-bond donors (Lipinski definition) is 0. The first-order valence-corrected chi connectivity index (χ1v) is 16.4. The summed E-state index contributed by atoms with van der Waals surface area (Å²) in [5.41, 5.74) is 10.4. The van der Waals surface area contributed by atoms with Crippen molar-refractivity contribution in [2.24, 2.45) is 0 Å². The molecule has 2 heterocycles. The van der Waals surface area contributed by atoms with Gasteiger partial charge in [-0.05, 0) is 84.1 Å². The topological polar surface area (TPSA) is 4.93 Å². The predicted molar refractivity (Wildman–Crippen MR) is 197 cm³/mol. The molecule has 45 heavy (non-hydrogen) atoms. The standard InChI is InChI=1S/C36H25NS.C7H8/c1-22-20-21-30-35(27-16-8-10-18-29(27)37(30)24-12-4-3-5-13-24)32(22)33-23(2)36-34(26-15-7-6-14-25(26)33)28-17-9-11-19-31(28)38-36;1-7-5-3-2-4-6-7/h3-21H,1-2H3;2-6H,1H3. The van der Waals surface area contributed by atoms with Crippen LogP contribution in [0, 0.1) is 20.8 Å². The van der Waals surface area contributed by atoms with E-state index in [9.17, 15) is 0 Å². The molecule has 0 N–H and O–H groups in total. The summed E-state index contributed by atoms with van der Waals surface area (Å²) in [4.78, 5) is 0. The Balaban J connectivity index is 0.000000382. The first-order valence-electron chi connectivity index (χ1n) is 15.5. The van der Waals surface area contributed by atoms with Crippen LogP contribution in [0.4, 0.5) is 0 Å². The van der Waals surface area contributed by atoms with Crippen LogP contribution in [0.5, 0.6) is 0 Å². The Labute approximate surface area is 267 Å². The number of fused-ring (bicyclic) bond motifs is 8.